The fraction of sp³-hybridized carbons (Fsp3) is 0.400. The predicted octanol–water partition coefficient (Wildman–Crippen LogP) is 5.90. The number of hydrogen-bond donors (Lipinski definition) is 2. The second-order valence-electron chi connectivity index (χ2n) is 11.1. The number of carbonyl (C=O) groups is 1. The molecule has 6 heteroatoms. The molecule has 1 saturated heterocycles. The van der Waals surface area contributed by atoms with E-state index in [0.29, 0.717) is 19.4 Å². The first kappa shape index (κ1) is 25.9. The van der Waals surface area contributed by atoms with Crippen LogP contribution in [0.2, 0.25) is 0 Å². The Bertz CT molecular complexity index is 1180. The molecule has 1 aromatic heterocycles. The van der Waals surface area contributed by atoms with Crippen LogP contribution in [0.25, 0.3) is 11.1 Å². The summed E-state index contributed by atoms with van der Waals surface area (Å²) < 4.78 is 6.13. The van der Waals surface area contributed by atoms with Crippen LogP contribution < -0.4 is 5.73 Å². The van der Waals surface area contributed by atoms with Gasteiger partial charge in [0, 0.05) is 31.1 Å². The molecule has 6 nitrogen and oxygen atoms in total. The van der Waals surface area contributed by atoms with Crippen molar-refractivity contribution in [2.75, 3.05) is 6.54 Å². The van der Waals surface area contributed by atoms with Crippen LogP contribution in [0.5, 0.6) is 0 Å². The predicted molar refractivity (Wildman–Crippen MR) is 142 cm³/mol. The molecule has 1 amide bonds. The summed E-state index contributed by atoms with van der Waals surface area (Å²) in [5.74, 6) is 0. The molecule has 1 aliphatic rings. The molecular weight excluding hydrogens is 450 g/mol. The summed E-state index contributed by atoms with van der Waals surface area (Å²) in [6, 6.07) is 21.8. The fourth-order valence-electron chi connectivity index (χ4n) is 4.97. The van der Waals surface area contributed by atoms with E-state index in [2.05, 4.69) is 4.98 Å². The summed E-state index contributed by atoms with van der Waals surface area (Å²) in [6.07, 6.45) is 2.41. The molecule has 2 heterocycles. The van der Waals surface area contributed by atoms with Gasteiger partial charge in [-0.3, -0.25) is 4.98 Å². The average molecular weight is 488 g/mol. The highest BCUT2D eigenvalue weighted by atomic mass is 16.6. The Labute approximate surface area is 214 Å². The van der Waals surface area contributed by atoms with Gasteiger partial charge in [0.2, 0.25) is 0 Å². The molecule has 3 aromatic rings. The van der Waals surface area contributed by atoms with Crippen LogP contribution in [-0.2, 0) is 15.9 Å². The van der Waals surface area contributed by atoms with Crippen LogP contribution >= 0.6 is 0 Å². The van der Waals surface area contributed by atoms with E-state index in [0.717, 1.165) is 27.9 Å². The number of amides is 1. The van der Waals surface area contributed by atoms with E-state index in [1.165, 1.54) is 0 Å². The molecule has 2 atom stereocenters. The first-order valence-corrected chi connectivity index (χ1v) is 12.5. The summed E-state index contributed by atoms with van der Waals surface area (Å²) in [5, 5.41) is 10.6. The van der Waals surface area contributed by atoms with Gasteiger partial charge in [0.25, 0.3) is 0 Å². The third-order valence-corrected chi connectivity index (χ3v) is 6.91. The Morgan fingerprint density at radius 2 is 1.67 bits per heavy atom. The Kier molecular flexibility index (Phi) is 6.95. The molecule has 0 spiro atoms. The Morgan fingerprint density at radius 1 is 1.03 bits per heavy atom. The van der Waals surface area contributed by atoms with Crippen molar-refractivity contribution in [3.05, 3.63) is 89.7 Å². The summed E-state index contributed by atoms with van der Waals surface area (Å²) in [5.41, 5.74) is 8.68. The summed E-state index contributed by atoms with van der Waals surface area (Å²) in [7, 11) is 0. The summed E-state index contributed by atoms with van der Waals surface area (Å²) in [6.45, 7) is 9.93. The molecule has 0 saturated carbocycles. The van der Waals surface area contributed by atoms with E-state index >= 15 is 0 Å². The standard InChI is InChI=1S/C30H37N3O3/c1-21(22-11-13-23(14-12-22)24-15-16-26(32-19-24)29(4,5)31)33-18-17-30(36-27(33)34,20-28(2,3)35)25-9-7-6-8-10-25/h6-16,19,21,35H,17-18,20,31H2,1-5H3/t21-,30-/m0/s1. The fourth-order valence-corrected chi connectivity index (χ4v) is 4.97. The van der Waals surface area contributed by atoms with Crippen LogP contribution in [0.1, 0.15) is 70.3 Å². The Hall–Kier alpha value is -3.22. The highest BCUT2D eigenvalue weighted by Crippen LogP contribution is 2.42. The number of cyclic esters (lactones) is 1. The number of rotatable bonds is 7. The van der Waals surface area contributed by atoms with Crippen LogP contribution in [0.3, 0.4) is 0 Å². The van der Waals surface area contributed by atoms with E-state index in [1.54, 1.807) is 18.7 Å². The van der Waals surface area contributed by atoms with Gasteiger partial charge < -0.3 is 20.5 Å². The maximum atomic E-state index is 13.3. The Morgan fingerprint density at radius 3 is 2.19 bits per heavy atom. The van der Waals surface area contributed by atoms with Gasteiger partial charge in [-0.05, 0) is 57.4 Å². The minimum atomic E-state index is -0.979. The van der Waals surface area contributed by atoms with Crippen molar-refractivity contribution in [3.63, 3.8) is 0 Å². The zero-order chi connectivity index (χ0) is 26.1. The normalized spacial score (nSPS) is 19.6. The van der Waals surface area contributed by atoms with Gasteiger partial charge in [-0.1, -0.05) is 60.7 Å². The number of aromatic nitrogens is 1. The lowest BCUT2D eigenvalue weighted by atomic mass is 9.80. The number of hydrogen-bond acceptors (Lipinski definition) is 5. The van der Waals surface area contributed by atoms with Gasteiger partial charge in [-0.25, -0.2) is 4.79 Å². The lowest BCUT2D eigenvalue weighted by Gasteiger charge is -2.45. The second kappa shape index (κ2) is 9.68. The molecule has 3 N–H and O–H groups in total. The minimum Gasteiger partial charge on any atom is -0.438 e. The number of benzene rings is 2. The molecule has 1 fully saturated rings. The van der Waals surface area contributed by atoms with Gasteiger partial charge in [0.15, 0.2) is 0 Å². The highest BCUT2D eigenvalue weighted by Gasteiger charge is 2.46. The van der Waals surface area contributed by atoms with Crippen LogP contribution in [-0.4, -0.2) is 33.2 Å². The molecule has 0 bridgehead atoms. The highest BCUT2D eigenvalue weighted by molar-refractivity contribution is 5.70. The van der Waals surface area contributed by atoms with Crippen molar-refractivity contribution < 1.29 is 14.6 Å². The lowest BCUT2D eigenvalue weighted by Crippen LogP contribution is -2.51. The van der Waals surface area contributed by atoms with Gasteiger partial charge in [-0.15, -0.1) is 0 Å². The molecule has 0 radical (unpaired) electrons. The van der Waals surface area contributed by atoms with Crippen LogP contribution in [0, 0.1) is 0 Å². The van der Waals surface area contributed by atoms with Crippen molar-refractivity contribution in [2.24, 2.45) is 5.73 Å². The zero-order valence-corrected chi connectivity index (χ0v) is 21.9. The SMILES string of the molecule is C[C@@H](c1ccc(-c2ccc(C(C)(C)N)nc2)cc1)N1CC[C@](CC(C)(C)O)(c2ccccc2)OC1=O. The van der Waals surface area contributed by atoms with Gasteiger partial charge in [-0.2, -0.15) is 0 Å². The number of ether oxygens (including phenoxy) is 1. The monoisotopic (exact) mass is 487 g/mol. The molecular formula is C30H37N3O3. The Balaban J connectivity index is 1.50. The maximum absolute atomic E-state index is 13.3. The van der Waals surface area contributed by atoms with Crippen molar-refractivity contribution in [1.82, 2.24) is 9.88 Å². The van der Waals surface area contributed by atoms with Gasteiger partial charge in [0.05, 0.1) is 22.9 Å². The summed E-state index contributed by atoms with van der Waals surface area (Å²) >= 11 is 0. The van der Waals surface area contributed by atoms with Gasteiger partial charge >= 0.3 is 6.09 Å². The number of aliphatic hydroxyl groups is 1. The third kappa shape index (κ3) is 5.61. The molecule has 0 unspecified atom stereocenters. The van der Waals surface area contributed by atoms with E-state index < -0.39 is 16.7 Å². The molecule has 0 aliphatic carbocycles. The zero-order valence-electron chi connectivity index (χ0n) is 21.9. The minimum absolute atomic E-state index is 0.152. The van der Waals surface area contributed by atoms with E-state index in [9.17, 15) is 9.90 Å². The quantitative estimate of drug-likeness (QED) is 0.433. The number of carbonyl (C=O) groups excluding carboxylic acids is 1. The number of pyridine rings is 1. The first-order valence-electron chi connectivity index (χ1n) is 12.5. The number of nitrogens with zero attached hydrogens (tertiary/aromatic N) is 2. The molecule has 1 aliphatic heterocycles. The average Bonchev–Trinajstić information content (AvgIpc) is 2.83. The van der Waals surface area contributed by atoms with E-state index in [4.69, 9.17) is 10.5 Å². The maximum Gasteiger partial charge on any atom is 0.411 e. The molecule has 2 aromatic carbocycles. The first-order chi connectivity index (χ1) is 16.9. The van der Waals surface area contributed by atoms with Crippen LogP contribution in [0.4, 0.5) is 4.79 Å². The van der Waals surface area contributed by atoms with Gasteiger partial charge in [0.1, 0.15) is 5.60 Å². The van der Waals surface area contributed by atoms with Crippen LogP contribution in [0.15, 0.2) is 72.9 Å². The van der Waals surface area contributed by atoms with Crippen molar-refractivity contribution in [3.8, 4) is 11.1 Å². The largest absolute Gasteiger partial charge is 0.438 e. The topological polar surface area (TPSA) is 88.7 Å². The van der Waals surface area contributed by atoms with Crippen molar-refractivity contribution in [2.45, 2.75) is 70.2 Å². The van der Waals surface area contributed by atoms with E-state index in [-0.39, 0.29) is 12.1 Å². The second-order valence-corrected chi connectivity index (χ2v) is 11.1. The smallest absolute Gasteiger partial charge is 0.411 e. The van der Waals surface area contributed by atoms with Crippen molar-refractivity contribution >= 4 is 6.09 Å². The lowest BCUT2D eigenvalue weighted by molar-refractivity contribution is -0.101. The molecule has 190 valence electrons. The van der Waals surface area contributed by atoms with Crippen molar-refractivity contribution in [1.29, 1.82) is 0 Å². The molecule has 36 heavy (non-hydrogen) atoms. The third-order valence-electron chi connectivity index (χ3n) is 6.91. The summed E-state index contributed by atoms with van der Waals surface area (Å²) in [4.78, 5) is 19.6. The van der Waals surface area contributed by atoms with E-state index in [1.807, 2.05) is 93.7 Å². The number of nitrogens with two attached hydrogens (primary N) is 1. The molecule has 4 rings (SSSR count).